The Hall–Kier alpha value is -1.71. The number of carbonyl (C=O) groups is 1. The van der Waals surface area contributed by atoms with Crippen LogP contribution in [-0.2, 0) is 4.74 Å². The van der Waals surface area contributed by atoms with Crippen LogP contribution in [0, 0.1) is 13.8 Å². The second kappa shape index (κ2) is 4.21. The fraction of sp³-hybridized carbons (Fsp3) is 0.364. The van der Waals surface area contributed by atoms with E-state index in [9.17, 15) is 4.79 Å². The van der Waals surface area contributed by atoms with Gasteiger partial charge in [-0.1, -0.05) is 0 Å². The normalized spacial score (nSPS) is 9.87. The zero-order chi connectivity index (χ0) is 11.6. The van der Waals surface area contributed by atoms with Crippen LogP contribution < -0.4 is 10.5 Å². The molecule has 0 amide bonds. The number of nitrogens with two attached hydrogens (primary N) is 1. The van der Waals surface area contributed by atoms with E-state index in [1.165, 1.54) is 7.11 Å². The molecule has 2 N–H and O–H groups in total. The number of nitrogen functional groups attached to an aromatic ring is 1. The predicted molar refractivity (Wildman–Crippen MR) is 58.2 cm³/mol. The maximum atomic E-state index is 11.5. The Morgan fingerprint density at radius 1 is 1.33 bits per heavy atom. The van der Waals surface area contributed by atoms with Gasteiger partial charge in [-0.15, -0.1) is 0 Å². The number of methoxy groups -OCH3 is 2. The van der Waals surface area contributed by atoms with Gasteiger partial charge in [-0.2, -0.15) is 0 Å². The lowest BCUT2D eigenvalue weighted by atomic mass is 10.0. The van der Waals surface area contributed by atoms with Gasteiger partial charge in [0.25, 0.3) is 0 Å². The summed E-state index contributed by atoms with van der Waals surface area (Å²) in [4.78, 5) is 11.5. The zero-order valence-corrected chi connectivity index (χ0v) is 9.38. The van der Waals surface area contributed by atoms with Crippen LogP contribution in [-0.4, -0.2) is 20.2 Å². The van der Waals surface area contributed by atoms with Crippen molar-refractivity contribution in [1.29, 1.82) is 0 Å². The van der Waals surface area contributed by atoms with Gasteiger partial charge in [-0.05, 0) is 31.0 Å². The zero-order valence-electron chi connectivity index (χ0n) is 9.38. The third-order valence-electron chi connectivity index (χ3n) is 2.40. The van der Waals surface area contributed by atoms with Gasteiger partial charge < -0.3 is 15.2 Å². The fourth-order valence-electron chi connectivity index (χ4n) is 1.55. The van der Waals surface area contributed by atoms with E-state index < -0.39 is 0 Å². The molecule has 1 rings (SSSR count). The van der Waals surface area contributed by atoms with Crippen molar-refractivity contribution >= 4 is 11.7 Å². The smallest absolute Gasteiger partial charge is 0.338 e. The van der Waals surface area contributed by atoms with E-state index in [0.717, 1.165) is 5.56 Å². The Morgan fingerprint density at radius 2 is 1.93 bits per heavy atom. The maximum Gasteiger partial charge on any atom is 0.338 e. The minimum atomic E-state index is -0.376. The molecule has 1 aromatic rings. The highest BCUT2D eigenvalue weighted by Gasteiger charge is 2.17. The summed E-state index contributed by atoms with van der Waals surface area (Å²) in [7, 11) is 2.89. The molecule has 0 aliphatic rings. The first-order valence-electron chi connectivity index (χ1n) is 4.54. The monoisotopic (exact) mass is 209 g/mol. The number of esters is 1. The lowest BCUT2D eigenvalue weighted by Gasteiger charge is -2.13. The van der Waals surface area contributed by atoms with Crippen molar-refractivity contribution in [2.45, 2.75) is 13.8 Å². The van der Waals surface area contributed by atoms with E-state index in [1.807, 2.05) is 6.92 Å². The summed E-state index contributed by atoms with van der Waals surface area (Å²) in [6, 6.07) is 1.73. The second-order valence-corrected chi connectivity index (χ2v) is 3.30. The molecule has 0 fully saturated rings. The molecule has 0 radical (unpaired) electrons. The lowest BCUT2D eigenvalue weighted by molar-refractivity contribution is 0.0599. The summed E-state index contributed by atoms with van der Waals surface area (Å²) in [5.41, 5.74) is 8.30. The van der Waals surface area contributed by atoms with Crippen molar-refractivity contribution in [2.75, 3.05) is 20.0 Å². The number of benzene rings is 1. The van der Waals surface area contributed by atoms with Crippen molar-refractivity contribution in [3.05, 3.63) is 22.8 Å². The van der Waals surface area contributed by atoms with Gasteiger partial charge in [-0.3, -0.25) is 0 Å². The average Bonchev–Trinajstić information content (AvgIpc) is 2.23. The van der Waals surface area contributed by atoms with E-state index in [0.29, 0.717) is 22.6 Å². The van der Waals surface area contributed by atoms with Crippen LogP contribution in [0.15, 0.2) is 6.07 Å². The molecule has 82 valence electrons. The van der Waals surface area contributed by atoms with E-state index in [2.05, 4.69) is 0 Å². The largest absolute Gasteiger partial charge is 0.495 e. The Bertz CT molecular complexity index is 399. The summed E-state index contributed by atoms with van der Waals surface area (Å²) in [6.45, 7) is 3.60. The van der Waals surface area contributed by atoms with E-state index in [4.69, 9.17) is 15.2 Å². The highest BCUT2D eigenvalue weighted by molar-refractivity contribution is 5.95. The van der Waals surface area contributed by atoms with Crippen LogP contribution in [0.25, 0.3) is 0 Å². The van der Waals surface area contributed by atoms with Gasteiger partial charge in [0.05, 0.1) is 25.5 Å². The van der Waals surface area contributed by atoms with Gasteiger partial charge >= 0.3 is 5.97 Å². The molecule has 15 heavy (non-hydrogen) atoms. The molecular weight excluding hydrogens is 194 g/mol. The minimum absolute atomic E-state index is 0.376. The molecule has 0 unspecified atom stereocenters. The number of carbonyl (C=O) groups excluding carboxylic acids is 1. The Balaban J connectivity index is 3.42. The number of rotatable bonds is 2. The van der Waals surface area contributed by atoms with Gasteiger partial charge in [0, 0.05) is 0 Å². The Labute approximate surface area is 89.0 Å². The van der Waals surface area contributed by atoms with Gasteiger partial charge in [0.2, 0.25) is 0 Å². The van der Waals surface area contributed by atoms with Crippen molar-refractivity contribution in [2.24, 2.45) is 0 Å². The van der Waals surface area contributed by atoms with Gasteiger partial charge in [0.15, 0.2) is 0 Å². The number of aryl methyl sites for hydroxylation is 1. The number of hydrogen-bond donors (Lipinski definition) is 1. The molecule has 0 aliphatic heterocycles. The summed E-state index contributed by atoms with van der Waals surface area (Å²) in [6.07, 6.45) is 0. The van der Waals surface area contributed by atoms with E-state index in [1.54, 1.807) is 20.1 Å². The van der Waals surface area contributed by atoms with Crippen LogP contribution in [0.1, 0.15) is 21.5 Å². The average molecular weight is 209 g/mol. The molecule has 0 saturated carbocycles. The second-order valence-electron chi connectivity index (χ2n) is 3.30. The third kappa shape index (κ3) is 1.88. The number of ether oxygens (including phenoxy) is 2. The molecule has 1 aromatic carbocycles. The van der Waals surface area contributed by atoms with Gasteiger partial charge in [0.1, 0.15) is 5.75 Å². The van der Waals surface area contributed by atoms with Crippen LogP contribution in [0.2, 0.25) is 0 Å². The summed E-state index contributed by atoms with van der Waals surface area (Å²) >= 11 is 0. The van der Waals surface area contributed by atoms with E-state index in [-0.39, 0.29) is 5.97 Å². The molecule has 0 aliphatic carbocycles. The molecule has 0 spiro atoms. The van der Waals surface area contributed by atoms with Crippen LogP contribution in [0.3, 0.4) is 0 Å². The number of hydrogen-bond acceptors (Lipinski definition) is 4. The van der Waals surface area contributed by atoms with E-state index >= 15 is 0 Å². The standard InChI is InChI=1S/C11H15NO3/c1-6-5-8(14-3)10(12)7(2)9(6)11(13)15-4/h5H,12H2,1-4H3. The highest BCUT2D eigenvalue weighted by Crippen LogP contribution is 2.30. The fourth-order valence-corrected chi connectivity index (χ4v) is 1.55. The van der Waals surface area contributed by atoms with Crippen molar-refractivity contribution in [3.8, 4) is 5.75 Å². The molecule has 0 aromatic heterocycles. The van der Waals surface area contributed by atoms with Crippen LogP contribution >= 0.6 is 0 Å². The molecule has 0 bridgehead atoms. The summed E-state index contributed by atoms with van der Waals surface area (Å²) in [5.74, 6) is 0.206. The molecule has 0 atom stereocenters. The minimum Gasteiger partial charge on any atom is -0.495 e. The topological polar surface area (TPSA) is 61.5 Å². The number of anilines is 1. The first-order chi connectivity index (χ1) is 7.02. The summed E-state index contributed by atoms with van der Waals surface area (Å²) in [5, 5.41) is 0. The maximum absolute atomic E-state index is 11.5. The van der Waals surface area contributed by atoms with Crippen LogP contribution in [0.5, 0.6) is 5.75 Å². The molecule has 4 heteroatoms. The first-order valence-corrected chi connectivity index (χ1v) is 4.54. The van der Waals surface area contributed by atoms with Gasteiger partial charge in [-0.25, -0.2) is 4.79 Å². The quantitative estimate of drug-likeness (QED) is 0.594. The summed E-state index contributed by atoms with van der Waals surface area (Å²) < 4.78 is 9.79. The predicted octanol–water partition coefficient (Wildman–Crippen LogP) is 1.68. The van der Waals surface area contributed by atoms with Crippen molar-refractivity contribution < 1.29 is 14.3 Å². The first kappa shape index (κ1) is 11.4. The Kier molecular flexibility index (Phi) is 3.19. The molecule has 0 heterocycles. The Morgan fingerprint density at radius 3 is 2.40 bits per heavy atom. The molecular formula is C11H15NO3. The van der Waals surface area contributed by atoms with Crippen molar-refractivity contribution in [1.82, 2.24) is 0 Å². The van der Waals surface area contributed by atoms with Crippen molar-refractivity contribution in [3.63, 3.8) is 0 Å². The SMILES string of the molecule is COC(=O)c1c(C)cc(OC)c(N)c1C. The molecule has 4 nitrogen and oxygen atoms in total. The highest BCUT2D eigenvalue weighted by atomic mass is 16.5. The lowest BCUT2D eigenvalue weighted by Crippen LogP contribution is -2.09. The third-order valence-corrected chi connectivity index (χ3v) is 2.40. The molecule has 0 saturated heterocycles. The van der Waals surface area contributed by atoms with Crippen LogP contribution in [0.4, 0.5) is 5.69 Å².